The third kappa shape index (κ3) is 4.38. The minimum absolute atomic E-state index is 0.637. The summed E-state index contributed by atoms with van der Waals surface area (Å²) in [5.41, 5.74) is 2.32. The lowest BCUT2D eigenvalue weighted by Gasteiger charge is -2.21. The maximum absolute atomic E-state index is 5.56. The molecule has 1 aromatic heterocycles. The summed E-state index contributed by atoms with van der Waals surface area (Å²) in [4.78, 5) is 11.9. The molecule has 0 aliphatic carbocycles. The van der Waals surface area contributed by atoms with E-state index in [-0.39, 0.29) is 0 Å². The molecule has 1 aliphatic rings. The predicted molar refractivity (Wildman–Crippen MR) is 85.7 cm³/mol. The fourth-order valence-electron chi connectivity index (χ4n) is 2.58. The molecular weight excluding hydrogens is 264 g/mol. The summed E-state index contributed by atoms with van der Waals surface area (Å²) in [6, 6.07) is 0. The zero-order valence-corrected chi connectivity index (χ0v) is 13.6. The smallest absolute Gasteiger partial charge is 0.135 e. The zero-order chi connectivity index (χ0) is 15.1. The molecule has 0 spiro atoms. The molecule has 0 saturated heterocycles. The molecule has 5 heteroatoms. The van der Waals surface area contributed by atoms with Crippen LogP contribution in [0.4, 0.5) is 5.82 Å². The molecule has 0 unspecified atom stereocenters. The van der Waals surface area contributed by atoms with Gasteiger partial charge in [-0.05, 0) is 19.5 Å². The Labute approximate surface area is 128 Å². The van der Waals surface area contributed by atoms with Crippen LogP contribution in [0.3, 0.4) is 0 Å². The molecule has 1 N–H and O–H groups in total. The van der Waals surface area contributed by atoms with Crippen molar-refractivity contribution in [1.82, 2.24) is 14.9 Å². The van der Waals surface area contributed by atoms with E-state index in [1.165, 1.54) is 5.69 Å². The molecule has 2 heterocycles. The standard InChI is InChI=1S/C16H28N4O/c1-4-9-17-16-13-12-21-11-8-14(13)18-15(19-16)7-10-20(5-2)6-3/h4-12H2,1-3H3,(H,17,18,19). The lowest BCUT2D eigenvalue weighted by Crippen LogP contribution is -2.26. The molecule has 0 bridgehead atoms. The first-order chi connectivity index (χ1) is 10.3. The average molecular weight is 292 g/mol. The van der Waals surface area contributed by atoms with Crippen LogP contribution in [-0.4, -0.2) is 47.7 Å². The summed E-state index contributed by atoms with van der Waals surface area (Å²) < 4.78 is 5.56. The largest absolute Gasteiger partial charge is 0.376 e. The fourth-order valence-corrected chi connectivity index (χ4v) is 2.58. The summed E-state index contributed by atoms with van der Waals surface area (Å²) in [5.74, 6) is 1.94. The van der Waals surface area contributed by atoms with E-state index in [4.69, 9.17) is 14.7 Å². The number of hydrogen-bond acceptors (Lipinski definition) is 5. The maximum Gasteiger partial charge on any atom is 0.135 e. The Morgan fingerprint density at radius 3 is 2.71 bits per heavy atom. The second-order valence-electron chi connectivity index (χ2n) is 5.42. The lowest BCUT2D eigenvalue weighted by atomic mass is 10.1. The molecule has 2 rings (SSSR count). The molecule has 0 saturated carbocycles. The van der Waals surface area contributed by atoms with Crippen LogP contribution in [0.5, 0.6) is 0 Å². The van der Waals surface area contributed by atoms with Gasteiger partial charge in [0.15, 0.2) is 0 Å². The van der Waals surface area contributed by atoms with Crippen LogP contribution in [0.1, 0.15) is 44.3 Å². The number of fused-ring (bicyclic) bond motifs is 1. The number of ether oxygens (including phenoxy) is 1. The molecule has 0 amide bonds. The molecule has 0 fully saturated rings. The van der Waals surface area contributed by atoms with E-state index >= 15 is 0 Å². The first-order valence-corrected chi connectivity index (χ1v) is 8.21. The zero-order valence-electron chi connectivity index (χ0n) is 13.6. The van der Waals surface area contributed by atoms with Crippen LogP contribution >= 0.6 is 0 Å². The molecule has 0 atom stereocenters. The highest BCUT2D eigenvalue weighted by molar-refractivity contribution is 5.47. The van der Waals surface area contributed by atoms with E-state index in [1.54, 1.807) is 0 Å². The van der Waals surface area contributed by atoms with Crippen LogP contribution in [0.25, 0.3) is 0 Å². The van der Waals surface area contributed by atoms with Crippen LogP contribution in [0.2, 0.25) is 0 Å². The Bertz CT molecular complexity index is 446. The van der Waals surface area contributed by atoms with Gasteiger partial charge in [-0.25, -0.2) is 9.97 Å². The topological polar surface area (TPSA) is 50.3 Å². The molecule has 5 nitrogen and oxygen atoms in total. The fraction of sp³-hybridized carbons (Fsp3) is 0.750. The highest BCUT2D eigenvalue weighted by Crippen LogP contribution is 2.22. The van der Waals surface area contributed by atoms with Gasteiger partial charge in [0.05, 0.1) is 18.9 Å². The first-order valence-electron chi connectivity index (χ1n) is 8.21. The SMILES string of the molecule is CCCNc1nc(CCN(CC)CC)nc2c1COCC2. The van der Waals surface area contributed by atoms with Crippen molar-refractivity contribution in [3.05, 3.63) is 17.1 Å². The van der Waals surface area contributed by atoms with Crippen molar-refractivity contribution >= 4 is 5.82 Å². The van der Waals surface area contributed by atoms with E-state index in [1.807, 2.05) is 0 Å². The molecular formula is C16H28N4O. The van der Waals surface area contributed by atoms with Gasteiger partial charge < -0.3 is 15.0 Å². The van der Waals surface area contributed by atoms with Crippen LogP contribution in [0.15, 0.2) is 0 Å². The van der Waals surface area contributed by atoms with E-state index in [0.717, 1.165) is 69.3 Å². The highest BCUT2D eigenvalue weighted by Gasteiger charge is 2.18. The summed E-state index contributed by atoms with van der Waals surface area (Å²) >= 11 is 0. The van der Waals surface area contributed by atoms with E-state index in [0.29, 0.717) is 6.61 Å². The Balaban J connectivity index is 2.13. The van der Waals surface area contributed by atoms with Gasteiger partial charge in [-0.2, -0.15) is 0 Å². The third-order valence-corrected chi connectivity index (χ3v) is 3.96. The highest BCUT2D eigenvalue weighted by atomic mass is 16.5. The normalized spacial score (nSPS) is 14.3. The van der Waals surface area contributed by atoms with E-state index in [9.17, 15) is 0 Å². The lowest BCUT2D eigenvalue weighted by molar-refractivity contribution is 0.109. The Kier molecular flexibility index (Phi) is 6.39. The molecule has 0 radical (unpaired) electrons. The quantitative estimate of drug-likeness (QED) is 0.796. The Morgan fingerprint density at radius 1 is 1.19 bits per heavy atom. The van der Waals surface area contributed by atoms with Crippen LogP contribution in [0, 0.1) is 0 Å². The van der Waals surface area contributed by atoms with Crippen LogP contribution in [-0.2, 0) is 24.2 Å². The van der Waals surface area contributed by atoms with Gasteiger partial charge in [-0.15, -0.1) is 0 Å². The van der Waals surface area contributed by atoms with Crippen molar-refractivity contribution < 1.29 is 4.74 Å². The van der Waals surface area contributed by atoms with Crippen molar-refractivity contribution in [3.8, 4) is 0 Å². The number of hydrogen-bond donors (Lipinski definition) is 1. The molecule has 21 heavy (non-hydrogen) atoms. The molecule has 1 aliphatic heterocycles. The van der Waals surface area contributed by atoms with Gasteiger partial charge in [0.2, 0.25) is 0 Å². The summed E-state index contributed by atoms with van der Waals surface area (Å²) in [7, 11) is 0. The van der Waals surface area contributed by atoms with E-state index < -0.39 is 0 Å². The van der Waals surface area contributed by atoms with Crippen molar-refractivity contribution in [2.45, 2.75) is 46.6 Å². The number of nitrogens with zero attached hydrogens (tertiary/aromatic N) is 3. The Morgan fingerprint density at radius 2 is 2.00 bits per heavy atom. The second kappa shape index (κ2) is 8.29. The number of likely N-dealkylation sites (N-methyl/N-ethyl adjacent to an activating group) is 1. The first kappa shape index (κ1) is 16.2. The summed E-state index contributed by atoms with van der Waals surface area (Å²) in [5, 5.41) is 3.43. The third-order valence-electron chi connectivity index (χ3n) is 3.96. The van der Waals surface area contributed by atoms with Gasteiger partial charge in [0.1, 0.15) is 11.6 Å². The Hall–Kier alpha value is -1.20. The molecule has 1 aromatic rings. The number of aromatic nitrogens is 2. The predicted octanol–water partition coefficient (Wildman–Crippen LogP) is 2.26. The van der Waals surface area contributed by atoms with Gasteiger partial charge in [0, 0.05) is 31.5 Å². The number of rotatable bonds is 8. The van der Waals surface area contributed by atoms with Gasteiger partial charge in [-0.3, -0.25) is 0 Å². The van der Waals surface area contributed by atoms with Crippen molar-refractivity contribution in [3.63, 3.8) is 0 Å². The van der Waals surface area contributed by atoms with Gasteiger partial charge in [0.25, 0.3) is 0 Å². The van der Waals surface area contributed by atoms with Gasteiger partial charge >= 0.3 is 0 Å². The van der Waals surface area contributed by atoms with Crippen molar-refractivity contribution in [2.75, 3.05) is 38.1 Å². The van der Waals surface area contributed by atoms with Crippen molar-refractivity contribution in [2.24, 2.45) is 0 Å². The van der Waals surface area contributed by atoms with E-state index in [2.05, 4.69) is 31.0 Å². The van der Waals surface area contributed by atoms with Crippen molar-refractivity contribution in [1.29, 1.82) is 0 Å². The minimum atomic E-state index is 0.637. The number of anilines is 1. The average Bonchev–Trinajstić information content (AvgIpc) is 2.53. The monoisotopic (exact) mass is 292 g/mol. The second-order valence-corrected chi connectivity index (χ2v) is 5.42. The molecule has 0 aromatic carbocycles. The van der Waals surface area contributed by atoms with Gasteiger partial charge in [-0.1, -0.05) is 20.8 Å². The summed E-state index contributed by atoms with van der Waals surface area (Å²) in [6.07, 6.45) is 2.90. The number of nitrogens with one attached hydrogen (secondary N) is 1. The maximum atomic E-state index is 5.56. The minimum Gasteiger partial charge on any atom is -0.376 e. The van der Waals surface area contributed by atoms with Crippen LogP contribution < -0.4 is 5.32 Å². The molecule has 118 valence electrons. The summed E-state index contributed by atoms with van der Waals surface area (Å²) in [6.45, 7) is 12.1.